The summed E-state index contributed by atoms with van der Waals surface area (Å²) in [5.74, 6) is -0.789. The van der Waals surface area contributed by atoms with E-state index in [2.05, 4.69) is 15.6 Å². The van der Waals surface area contributed by atoms with Gasteiger partial charge in [-0.1, -0.05) is 23.7 Å². The van der Waals surface area contributed by atoms with Gasteiger partial charge in [-0.05, 0) is 63.1 Å². The van der Waals surface area contributed by atoms with E-state index in [0.29, 0.717) is 5.75 Å². The number of halogens is 1. The van der Waals surface area contributed by atoms with Crippen LogP contribution >= 0.6 is 11.6 Å². The molecule has 2 rings (SSSR count). The Labute approximate surface area is 181 Å². The van der Waals surface area contributed by atoms with E-state index in [0.717, 1.165) is 17.2 Å². The third kappa shape index (κ3) is 6.45. The van der Waals surface area contributed by atoms with Crippen LogP contribution < -0.4 is 20.3 Å². The van der Waals surface area contributed by atoms with Gasteiger partial charge in [0.25, 0.3) is 11.8 Å². The minimum absolute atomic E-state index is 0.0388. The van der Waals surface area contributed by atoms with E-state index in [-0.39, 0.29) is 28.1 Å². The van der Waals surface area contributed by atoms with E-state index < -0.39 is 21.8 Å². The van der Waals surface area contributed by atoms with E-state index in [1.807, 2.05) is 26.0 Å². The van der Waals surface area contributed by atoms with Crippen molar-refractivity contribution in [2.75, 3.05) is 6.61 Å². The molecule has 2 aromatic rings. The van der Waals surface area contributed by atoms with Gasteiger partial charge in [-0.15, -0.1) is 0 Å². The summed E-state index contributed by atoms with van der Waals surface area (Å²) in [6.45, 7) is 6.80. The molecule has 0 saturated heterocycles. The third-order valence-corrected chi connectivity index (χ3v) is 5.89. The van der Waals surface area contributed by atoms with Crippen molar-refractivity contribution in [2.45, 2.75) is 38.6 Å². The van der Waals surface area contributed by atoms with Crippen LogP contribution in [0.1, 0.15) is 35.3 Å². The lowest BCUT2D eigenvalue weighted by Gasteiger charge is -2.13. The second-order valence-corrected chi connectivity index (χ2v) is 9.10. The molecule has 30 heavy (non-hydrogen) atoms. The number of nitrogens with one attached hydrogen (secondary N) is 3. The number of carbonyl (C=O) groups is 2. The van der Waals surface area contributed by atoms with Gasteiger partial charge in [-0.3, -0.25) is 20.4 Å². The van der Waals surface area contributed by atoms with Gasteiger partial charge in [0.2, 0.25) is 10.0 Å². The normalized spacial score (nSPS) is 11.3. The number of amides is 2. The summed E-state index contributed by atoms with van der Waals surface area (Å²) in [7, 11) is -3.81. The monoisotopic (exact) mass is 453 g/mol. The second-order valence-electron chi connectivity index (χ2n) is 6.98. The van der Waals surface area contributed by atoms with Crippen LogP contribution in [0.25, 0.3) is 0 Å². The first kappa shape index (κ1) is 23.7. The number of sulfonamides is 1. The zero-order chi connectivity index (χ0) is 22.5. The number of hydrazine groups is 1. The number of rotatable bonds is 7. The molecule has 0 aliphatic carbocycles. The molecule has 2 amide bonds. The Hall–Kier alpha value is -2.62. The van der Waals surface area contributed by atoms with Crippen LogP contribution in [0, 0.1) is 13.8 Å². The van der Waals surface area contributed by atoms with E-state index in [1.165, 1.54) is 12.1 Å². The summed E-state index contributed by atoms with van der Waals surface area (Å²) in [5.41, 5.74) is 6.18. The molecule has 0 unspecified atom stereocenters. The van der Waals surface area contributed by atoms with Crippen molar-refractivity contribution in [1.82, 2.24) is 15.6 Å². The Morgan fingerprint density at radius 3 is 2.43 bits per heavy atom. The van der Waals surface area contributed by atoms with E-state index in [4.69, 9.17) is 16.3 Å². The maximum absolute atomic E-state index is 12.4. The van der Waals surface area contributed by atoms with Crippen molar-refractivity contribution < 1.29 is 22.7 Å². The molecule has 0 aromatic heterocycles. The molecular formula is C20H24ClN3O5S. The van der Waals surface area contributed by atoms with E-state index >= 15 is 0 Å². The van der Waals surface area contributed by atoms with Gasteiger partial charge in [0.1, 0.15) is 5.75 Å². The van der Waals surface area contributed by atoms with Gasteiger partial charge in [0.05, 0.1) is 15.5 Å². The van der Waals surface area contributed by atoms with Gasteiger partial charge in [-0.2, -0.15) is 0 Å². The number of hydrogen-bond acceptors (Lipinski definition) is 5. The first-order valence-electron chi connectivity index (χ1n) is 9.10. The van der Waals surface area contributed by atoms with Gasteiger partial charge in [-0.25, -0.2) is 13.1 Å². The van der Waals surface area contributed by atoms with E-state index in [1.54, 1.807) is 19.9 Å². The highest BCUT2D eigenvalue weighted by molar-refractivity contribution is 7.89. The number of hydrogen-bond donors (Lipinski definition) is 3. The SMILES string of the molecule is Cc1ccc(C)c(OCC(=O)NNC(=O)c2cc(S(=O)(=O)NC(C)C)ccc2Cl)c1. The highest BCUT2D eigenvalue weighted by Crippen LogP contribution is 2.21. The lowest BCUT2D eigenvalue weighted by molar-refractivity contribution is -0.123. The lowest BCUT2D eigenvalue weighted by Crippen LogP contribution is -2.44. The van der Waals surface area contributed by atoms with Crippen molar-refractivity contribution in [3.63, 3.8) is 0 Å². The summed E-state index contributed by atoms with van der Waals surface area (Å²) >= 11 is 6.02. The molecule has 0 aliphatic rings. The molecule has 0 radical (unpaired) electrons. The predicted molar refractivity (Wildman–Crippen MR) is 114 cm³/mol. The average Bonchev–Trinajstić information content (AvgIpc) is 2.66. The first-order valence-corrected chi connectivity index (χ1v) is 11.0. The van der Waals surface area contributed by atoms with Crippen molar-refractivity contribution in [3.8, 4) is 5.75 Å². The fourth-order valence-corrected chi connectivity index (χ4v) is 3.94. The quantitative estimate of drug-likeness (QED) is 0.557. The van der Waals surface area contributed by atoms with Gasteiger partial charge in [0, 0.05) is 6.04 Å². The predicted octanol–water partition coefficient (Wildman–Crippen LogP) is 2.48. The van der Waals surface area contributed by atoms with Crippen molar-refractivity contribution in [1.29, 1.82) is 0 Å². The number of aryl methyl sites for hydroxylation is 2. The Kier molecular flexibility index (Phi) is 7.83. The molecule has 0 atom stereocenters. The number of ether oxygens (including phenoxy) is 1. The summed E-state index contributed by atoms with van der Waals surface area (Å²) in [6.07, 6.45) is 0. The van der Waals surface area contributed by atoms with Crippen LogP contribution in [0.15, 0.2) is 41.3 Å². The Balaban J connectivity index is 2.01. The molecular weight excluding hydrogens is 430 g/mol. The zero-order valence-corrected chi connectivity index (χ0v) is 18.6. The first-order chi connectivity index (χ1) is 14.0. The molecule has 162 valence electrons. The van der Waals surface area contributed by atoms with Crippen molar-refractivity contribution >= 4 is 33.4 Å². The molecule has 0 bridgehead atoms. The fraction of sp³-hybridized carbons (Fsp3) is 0.300. The van der Waals surface area contributed by atoms with Gasteiger partial charge in [0.15, 0.2) is 6.61 Å². The maximum Gasteiger partial charge on any atom is 0.276 e. The molecule has 0 aliphatic heterocycles. The molecule has 0 spiro atoms. The highest BCUT2D eigenvalue weighted by atomic mass is 35.5. The molecule has 3 N–H and O–H groups in total. The second kappa shape index (κ2) is 9.92. The molecule has 10 heteroatoms. The highest BCUT2D eigenvalue weighted by Gasteiger charge is 2.20. The molecule has 0 heterocycles. The lowest BCUT2D eigenvalue weighted by atomic mass is 10.1. The van der Waals surface area contributed by atoms with E-state index in [9.17, 15) is 18.0 Å². The topological polar surface area (TPSA) is 114 Å². The van der Waals surface area contributed by atoms with Gasteiger partial charge >= 0.3 is 0 Å². The Morgan fingerprint density at radius 2 is 1.77 bits per heavy atom. The average molecular weight is 454 g/mol. The number of benzene rings is 2. The smallest absolute Gasteiger partial charge is 0.276 e. The summed E-state index contributed by atoms with van der Waals surface area (Å²) < 4.78 is 32.5. The third-order valence-electron chi connectivity index (χ3n) is 3.90. The van der Waals surface area contributed by atoms with Crippen LogP contribution in [-0.2, 0) is 14.8 Å². The van der Waals surface area contributed by atoms with Gasteiger partial charge < -0.3 is 4.74 Å². The van der Waals surface area contributed by atoms with Crippen molar-refractivity contribution in [3.05, 3.63) is 58.1 Å². The van der Waals surface area contributed by atoms with Crippen LogP contribution in [0.5, 0.6) is 5.75 Å². The molecule has 0 fully saturated rings. The summed E-state index contributed by atoms with van der Waals surface area (Å²) in [6, 6.07) is 9.02. The summed E-state index contributed by atoms with van der Waals surface area (Å²) in [5, 5.41) is 0.0388. The van der Waals surface area contributed by atoms with Crippen LogP contribution in [-0.4, -0.2) is 32.9 Å². The summed E-state index contributed by atoms with van der Waals surface area (Å²) in [4.78, 5) is 24.3. The minimum atomic E-state index is -3.81. The minimum Gasteiger partial charge on any atom is -0.483 e. The zero-order valence-electron chi connectivity index (χ0n) is 17.1. The molecule has 8 nitrogen and oxygen atoms in total. The largest absolute Gasteiger partial charge is 0.483 e. The Bertz CT molecular complexity index is 1050. The fourth-order valence-electron chi connectivity index (χ4n) is 2.46. The van der Waals surface area contributed by atoms with Crippen LogP contribution in [0.4, 0.5) is 0 Å². The molecule has 2 aromatic carbocycles. The Morgan fingerprint density at radius 1 is 1.07 bits per heavy atom. The maximum atomic E-state index is 12.4. The van der Waals surface area contributed by atoms with Crippen LogP contribution in [0.2, 0.25) is 5.02 Å². The van der Waals surface area contributed by atoms with Crippen molar-refractivity contribution in [2.24, 2.45) is 0 Å². The molecule has 0 saturated carbocycles. The standard InChI is InChI=1S/C20H24ClN3O5S/c1-12(2)24-30(27,28)15-7-8-17(21)16(10-15)20(26)23-22-19(25)11-29-18-9-13(3)5-6-14(18)4/h5-10,12,24H,11H2,1-4H3,(H,22,25)(H,23,26). The van der Waals surface area contributed by atoms with Crippen LogP contribution in [0.3, 0.4) is 0 Å². The number of carbonyl (C=O) groups excluding carboxylic acids is 2.